The van der Waals surface area contributed by atoms with Crippen molar-refractivity contribution in [2.24, 2.45) is 11.1 Å². The van der Waals surface area contributed by atoms with Gasteiger partial charge in [-0.2, -0.15) is 0 Å². The van der Waals surface area contributed by atoms with E-state index in [4.69, 9.17) is 9.57 Å². The number of anilines is 2. The average Bonchev–Trinajstić information content (AvgIpc) is 3.37. The lowest BCUT2D eigenvalue weighted by Gasteiger charge is -2.34. The predicted octanol–water partition coefficient (Wildman–Crippen LogP) is 3.19. The molecular formula is C22H26N6O2S. The molecule has 2 saturated heterocycles. The highest BCUT2D eigenvalue weighted by Crippen LogP contribution is 2.31. The lowest BCUT2D eigenvalue weighted by molar-refractivity contribution is 0.122. The number of hydrogen-bond acceptors (Lipinski definition) is 9. The van der Waals surface area contributed by atoms with Crippen molar-refractivity contribution in [1.29, 1.82) is 0 Å². The first-order chi connectivity index (χ1) is 15.3. The average molecular weight is 439 g/mol. The summed E-state index contributed by atoms with van der Waals surface area (Å²) >= 11 is 1.60. The number of ether oxygens (including phenoxy) is 1. The Labute approximate surface area is 185 Å². The van der Waals surface area contributed by atoms with Crippen molar-refractivity contribution in [1.82, 2.24) is 15.0 Å². The molecule has 2 aliphatic rings. The predicted molar refractivity (Wildman–Crippen MR) is 123 cm³/mol. The highest BCUT2D eigenvalue weighted by Gasteiger charge is 2.28. The van der Waals surface area contributed by atoms with Gasteiger partial charge in [0.25, 0.3) is 0 Å². The molecule has 0 amide bonds. The molecule has 1 aromatic carbocycles. The van der Waals surface area contributed by atoms with Gasteiger partial charge in [-0.15, -0.1) is 11.3 Å². The van der Waals surface area contributed by atoms with E-state index in [0.29, 0.717) is 0 Å². The van der Waals surface area contributed by atoms with Crippen molar-refractivity contribution in [2.75, 3.05) is 56.3 Å². The summed E-state index contributed by atoms with van der Waals surface area (Å²) in [7, 11) is 1.60. The molecule has 0 bridgehead atoms. The van der Waals surface area contributed by atoms with Crippen LogP contribution in [-0.2, 0) is 9.57 Å². The second-order valence-electron chi connectivity index (χ2n) is 7.78. The highest BCUT2D eigenvalue weighted by molar-refractivity contribution is 7.11. The Balaban J connectivity index is 1.42. The minimum absolute atomic E-state index is 0.248. The molecule has 0 saturated carbocycles. The maximum Gasteiger partial charge on any atom is 0.141 e. The highest BCUT2D eigenvalue weighted by atomic mass is 32.1. The SMILES string of the molecule is CO/N=C(/c1nccs1)C1CCCN(c2ncnc3cc(N4CCOCC4)ccc23)C1. The zero-order chi connectivity index (χ0) is 21.0. The van der Waals surface area contributed by atoms with Crippen LogP contribution in [0.4, 0.5) is 11.5 Å². The molecule has 0 radical (unpaired) electrons. The van der Waals surface area contributed by atoms with Crippen LogP contribution in [-0.4, -0.2) is 67.2 Å². The first-order valence-corrected chi connectivity index (χ1v) is 11.5. The van der Waals surface area contributed by atoms with Crippen molar-refractivity contribution in [3.05, 3.63) is 41.1 Å². The maximum atomic E-state index is 5.48. The Bertz CT molecular complexity index is 1050. The molecule has 0 aliphatic carbocycles. The zero-order valence-electron chi connectivity index (χ0n) is 17.6. The minimum Gasteiger partial charge on any atom is -0.399 e. The van der Waals surface area contributed by atoms with Crippen LogP contribution in [0.5, 0.6) is 0 Å². The first-order valence-electron chi connectivity index (χ1n) is 10.7. The number of piperidine rings is 1. The van der Waals surface area contributed by atoms with Gasteiger partial charge in [-0.25, -0.2) is 15.0 Å². The van der Waals surface area contributed by atoms with Crippen molar-refractivity contribution < 1.29 is 9.57 Å². The standard InChI is InChI=1S/C22H26N6O2S/c1-29-26-20(22-23-6-12-31-22)16-3-2-7-28(14-16)21-18-5-4-17(13-19(18)24-15-25-21)27-8-10-30-11-9-27/h4-6,12-13,15-16H,2-3,7-11,14H2,1H3/b26-20+. The summed E-state index contributed by atoms with van der Waals surface area (Å²) in [5.74, 6) is 1.23. The summed E-state index contributed by atoms with van der Waals surface area (Å²) in [6.07, 6.45) is 5.61. The van der Waals surface area contributed by atoms with Crippen LogP contribution in [0.15, 0.2) is 41.3 Å². The Morgan fingerprint density at radius 2 is 2.06 bits per heavy atom. The summed E-state index contributed by atoms with van der Waals surface area (Å²) in [5.41, 5.74) is 3.09. The van der Waals surface area contributed by atoms with Crippen LogP contribution in [0.25, 0.3) is 10.9 Å². The second kappa shape index (κ2) is 9.15. The van der Waals surface area contributed by atoms with E-state index in [0.717, 1.165) is 79.7 Å². The van der Waals surface area contributed by atoms with Gasteiger partial charge in [0, 0.05) is 54.7 Å². The van der Waals surface area contributed by atoms with Crippen molar-refractivity contribution in [3.8, 4) is 0 Å². The molecule has 4 heterocycles. The van der Waals surface area contributed by atoms with Gasteiger partial charge in [0.05, 0.1) is 18.7 Å². The van der Waals surface area contributed by atoms with E-state index in [1.165, 1.54) is 5.69 Å². The topological polar surface area (TPSA) is 76.0 Å². The van der Waals surface area contributed by atoms with E-state index < -0.39 is 0 Å². The van der Waals surface area contributed by atoms with Gasteiger partial charge in [-0.1, -0.05) is 5.16 Å². The van der Waals surface area contributed by atoms with Gasteiger partial charge in [0.1, 0.15) is 30.0 Å². The second-order valence-corrected chi connectivity index (χ2v) is 8.67. The van der Waals surface area contributed by atoms with Crippen molar-refractivity contribution in [3.63, 3.8) is 0 Å². The Morgan fingerprint density at radius 1 is 1.16 bits per heavy atom. The van der Waals surface area contributed by atoms with Crippen molar-refractivity contribution >= 4 is 39.5 Å². The van der Waals surface area contributed by atoms with Gasteiger partial charge in [-0.05, 0) is 31.0 Å². The normalized spacial score (nSPS) is 20.3. The molecule has 5 rings (SSSR count). The van der Waals surface area contributed by atoms with Gasteiger partial charge in [0.15, 0.2) is 0 Å². The molecule has 9 heteroatoms. The number of thiazole rings is 1. The molecule has 0 spiro atoms. The third-order valence-corrected chi connectivity index (χ3v) is 6.72. The largest absolute Gasteiger partial charge is 0.399 e. The van der Waals surface area contributed by atoms with E-state index in [2.05, 4.69) is 48.1 Å². The Kier molecular flexibility index (Phi) is 5.95. The van der Waals surface area contributed by atoms with E-state index in [1.54, 1.807) is 24.8 Å². The smallest absolute Gasteiger partial charge is 0.141 e. The monoisotopic (exact) mass is 438 g/mol. The molecule has 2 fully saturated rings. The number of oxime groups is 1. The zero-order valence-corrected chi connectivity index (χ0v) is 18.4. The molecule has 31 heavy (non-hydrogen) atoms. The van der Waals surface area contributed by atoms with Crippen LogP contribution in [0.2, 0.25) is 0 Å². The Hall–Kier alpha value is -2.78. The molecule has 2 aliphatic heterocycles. The molecule has 1 atom stereocenters. The number of aromatic nitrogens is 3. The summed E-state index contributed by atoms with van der Waals surface area (Å²) in [6.45, 7) is 5.16. The fourth-order valence-corrected chi connectivity index (χ4v) is 5.13. The molecule has 1 unspecified atom stereocenters. The van der Waals surface area contributed by atoms with Crippen LogP contribution in [0.3, 0.4) is 0 Å². The van der Waals surface area contributed by atoms with Gasteiger partial charge in [-0.3, -0.25) is 0 Å². The molecule has 0 N–H and O–H groups in total. The Morgan fingerprint density at radius 3 is 2.87 bits per heavy atom. The number of nitrogens with zero attached hydrogens (tertiary/aromatic N) is 6. The van der Waals surface area contributed by atoms with E-state index in [1.807, 2.05) is 11.6 Å². The summed E-state index contributed by atoms with van der Waals surface area (Å²) in [4.78, 5) is 23.6. The summed E-state index contributed by atoms with van der Waals surface area (Å²) in [5, 5.41) is 8.32. The molecular weight excluding hydrogens is 412 g/mol. The number of morpholine rings is 1. The lowest BCUT2D eigenvalue weighted by atomic mass is 9.93. The van der Waals surface area contributed by atoms with Crippen molar-refractivity contribution in [2.45, 2.75) is 12.8 Å². The van der Waals surface area contributed by atoms with Crippen LogP contribution in [0.1, 0.15) is 17.8 Å². The fraction of sp³-hybridized carbons (Fsp3) is 0.455. The lowest BCUT2D eigenvalue weighted by Crippen LogP contribution is -2.39. The molecule has 2 aromatic heterocycles. The fourth-order valence-electron chi connectivity index (χ4n) is 4.43. The van der Waals surface area contributed by atoms with E-state index in [9.17, 15) is 0 Å². The quantitative estimate of drug-likeness (QED) is 0.447. The third kappa shape index (κ3) is 4.20. The van der Waals surface area contributed by atoms with Gasteiger partial charge in [0.2, 0.25) is 0 Å². The molecule has 3 aromatic rings. The third-order valence-electron chi connectivity index (χ3n) is 5.92. The van der Waals surface area contributed by atoms with Gasteiger partial charge < -0.3 is 19.4 Å². The first kappa shape index (κ1) is 20.1. The van der Waals surface area contributed by atoms with Crippen LogP contribution < -0.4 is 9.80 Å². The number of hydrogen-bond donors (Lipinski definition) is 0. The molecule has 162 valence electrons. The van der Waals surface area contributed by atoms with E-state index in [-0.39, 0.29) is 5.92 Å². The summed E-state index contributed by atoms with van der Waals surface area (Å²) in [6, 6.07) is 6.50. The number of rotatable bonds is 5. The maximum absolute atomic E-state index is 5.48. The number of fused-ring (bicyclic) bond motifs is 1. The number of benzene rings is 1. The van der Waals surface area contributed by atoms with Crippen LogP contribution >= 0.6 is 11.3 Å². The molecule has 8 nitrogen and oxygen atoms in total. The minimum atomic E-state index is 0.248. The summed E-state index contributed by atoms with van der Waals surface area (Å²) < 4.78 is 5.48. The van der Waals surface area contributed by atoms with Gasteiger partial charge >= 0.3 is 0 Å². The van der Waals surface area contributed by atoms with E-state index >= 15 is 0 Å². The van der Waals surface area contributed by atoms with Crippen LogP contribution in [0, 0.1) is 5.92 Å².